The highest BCUT2D eigenvalue weighted by Crippen LogP contribution is 2.46. The smallest absolute Gasteiger partial charge is 0.302 e. The van der Waals surface area contributed by atoms with E-state index < -0.39 is 11.5 Å². The molecule has 0 aliphatic heterocycles. The predicted molar refractivity (Wildman–Crippen MR) is 80.3 cm³/mol. The minimum atomic E-state index is -0.641. The van der Waals surface area contributed by atoms with E-state index in [1.807, 2.05) is 13.8 Å². The molecule has 0 heterocycles. The maximum absolute atomic E-state index is 12.6. The molecule has 3 heteroatoms. The maximum Gasteiger partial charge on any atom is 0.302 e. The highest BCUT2D eigenvalue weighted by Gasteiger charge is 2.41. The van der Waals surface area contributed by atoms with Crippen LogP contribution in [0.2, 0.25) is 0 Å². The van der Waals surface area contributed by atoms with E-state index in [-0.39, 0.29) is 17.2 Å². The lowest BCUT2D eigenvalue weighted by molar-refractivity contribution is -0.155. The number of carbonyl (C=O) groups excluding carboxylic acids is 2. The summed E-state index contributed by atoms with van der Waals surface area (Å²) in [6, 6.07) is 0. The summed E-state index contributed by atoms with van der Waals surface area (Å²) in [6.07, 6.45) is 3.34. The molecule has 0 aromatic rings. The van der Waals surface area contributed by atoms with E-state index in [9.17, 15) is 9.59 Å². The summed E-state index contributed by atoms with van der Waals surface area (Å²) in [5.74, 6) is 0.184. The van der Waals surface area contributed by atoms with E-state index >= 15 is 0 Å². The Morgan fingerprint density at radius 2 is 2.00 bits per heavy atom. The zero-order valence-corrected chi connectivity index (χ0v) is 13.9. The van der Waals surface area contributed by atoms with Crippen molar-refractivity contribution in [1.29, 1.82) is 0 Å². The summed E-state index contributed by atoms with van der Waals surface area (Å²) in [7, 11) is 0. The van der Waals surface area contributed by atoms with E-state index in [1.165, 1.54) is 12.5 Å². The molecule has 1 rings (SSSR count). The Morgan fingerprint density at radius 3 is 2.40 bits per heavy atom. The first-order valence-electron chi connectivity index (χ1n) is 7.37. The van der Waals surface area contributed by atoms with E-state index in [0.29, 0.717) is 12.3 Å². The zero-order chi connectivity index (χ0) is 15.7. The Balaban J connectivity index is 2.74. The van der Waals surface area contributed by atoms with Gasteiger partial charge in [-0.1, -0.05) is 25.5 Å². The molecule has 0 bridgehead atoms. The summed E-state index contributed by atoms with van der Waals surface area (Å²) in [4.78, 5) is 23.7. The molecule has 0 saturated heterocycles. The van der Waals surface area contributed by atoms with Gasteiger partial charge in [0.1, 0.15) is 11.9 Å². The van der Waals surface area contributed by atoms with E-state index in [0.717, 1.165) is 6.42 Å². The number of hydrogen-bond donors (Lipinski definition) is 0. The van der Waals surface area contributed by atoms with Crippen molar-refractivity contribution in [3.8, 4) is 0 Å². The first-order valence-corrected chi connectivity index (χ1v) is 7.37. The van der Waals surface area contributed by atoms with Gasteiger partial charge in [0.05, 0.1) is 5.41 Å². The van der Waals surface area contributed by atoms with Crippen molar-refractivity contribution in [2.24, 2.45) is 16.7 Å². The number of carbonyl (C=O) groups is 2. The van der Waals surface area contributed by atoms with Gasteiger partial charge in [-0.3, -0.25) is 9.59 Å². The SMILES string of the molecule is CC(=O)OC(C)C(C)(C)C(=O)C[C@H]1CC=C(C)C1(C)C. The van der Waals surface area contributed by atoms with Crippen molar-refractivity contribution in [2.75, 3.05) is 0 Å². The minimum Gasteiger partial charge on any atom is -0.462 e. The number of Topliss-reactive ketones (excluding diaryl/α,β-unsaturated/α-hetero) is 1. The second kappa shape index (κ2) is 5.71. The Labute approximate surface area is 122 Å². The lowest BCUT2D eigenvalue weighted by Gasteiger charge is -2.34. The fourth-order valence-corrected chi connectivity index (χ4v) is 2.65. The van der Waals surface area contributed by atoms with Crippen LogP contribution in [0.1, 0.15) is 61.3 Å². The molecule has 0 saturated carbocycles. The van der Waals surface area contributed by atoms with Gasteiger partial charge in [0.15, 0.2) is 0 Å². The third-order valence-electron chi connectivity index (χ3n) is 5.26. The topological polar surface area (TPSA) is 43.4 Å². The second-order valence-electron chi connectivity index (χ2n) is 7.14. The van der Waals surface area contributed by atoms with Gasteiger partial charge in [0.2, 0.25) is 0 Å². The van der Waals surface area contributed by atoms with Crippen molar-refractivity contribution in [3.05, 3.63) is 11.6 Å². The molecule has 0 aromatic heterocycles. The van der Waals surface area contributed by atoms with Crippen LogP contribution in [0, 0.1) is 16.7 Å². The first kappa shape index (κ1) is 16.9. The molecule has 0 fully saturated rings. The van der Waals surface area contributed by atoms with Crippen LogP contribution < -0.4 is 0 Å². The lowest BCUT2D eigenvalue weighted by Crippen LogP contribution is -2.40. The molecule has 0 radical (unpaired) electrons. The predicted octanol–water partition coefficient (Wildman–Crippen LogP) is 3.92. The number of allylic oxidation sites excluding steroid dienone is 2. The minimum absolute atomic E-state index is 0.0798. The van der Waals surface area contributed by atoms with Crippen LogP contribution in [0.25, 0.3) is 0 Å². The molecule has 1 aliphatic carbocycles. The van der Waals surface area contributed by atoms with Crippen molar-refractivity contribution in [3.63, 3.8) is 0 Å². The highest BCUT2D eigenvalue weighted by atomic mass is 16.5. The van der Waals surface area contributed by atoms with Crippen molar-refractivity contribution in [2.45, 2.75) is 67.4 Å². The van der Waals surface area contributed by atoms with Crippen LogP contribution >= 0.6 is 0 Å². The quantitative estimate of drug-likeness (QED) is 0.566. The standard InChI is InChI=1S/C17H28O3/c1-11-8-9-14(16(11,4)5)10-15(19)17(6,7)12(2)20-13(3)18/h8,12,14H,9-10H2,1-7H3/t12?,14-/m1/s1. The van der Waals surface area contributed by atoms with Crippen LogP contribution in [0.4, 0.5) is 0 Å². The van der Waals surface area contributed by atoms with Gasteiger partial charge in [-0.2, -0.15) is 0 Å². The Kier molecular flexibility index (Phi) is 4.83. The molecule has 1 unspecified atom stereocenters. The lowest BCUT2D eigenvalue weighted by atomic mass is 9.71. The summed E-state index contributed by atoms with van der Waals surface area (Å²) >= 11 is 0. The molecule has 0 amide bonds. The Hall–Kier alpha value is -1.12. The second-order valence-corrected chi connectivity index (χ2v) is 7.14. The van der Waals surface area contributed by atoms with Crippen LogP contribution in [-0.2, 0) is 14.3 Å². The third kappa shape index (κ3) is 3.31. The van der Waals surface area contributed by atoms with Gasteiger partial charge >= 0.3 is 5.97 Å². The normalized spacial score (nSPS) is 23.1. The molecular weight excluding hydrogens is 252 g/mol. The highest BCUT2D eigenvalue weighted by molar-refractivity contribution is 5.85. The summed E-state index contributed by atoms with van der Waals surface area (Å²) < 4.78 is 5.20. The van der Waals surface area contributed by atoms with Crippen LogP contribution in [-0.4, -0.2) is 17.9 Å². The fraction of sp³-hybridized carbons (Fsp3) is 0.765. The molecule has 0 N–H and O–H groups in total. The number of hydrogen-bond acceptors (Lipinski definition) is 3. The van der Waals surface area contributed by atoms with Gasteiger partial charge in [0, 0.05) is 13.3 Å². The number of rotatable bonds is 5. The van der Waals surface area contributed by atoms with Crippen LogP contribution in [0.5, 0.6) is 0 Å². The molecule has 0 spiro atoms. The molecule has 2 atom stereocenters. The first-order chi connectivity index (χ1) is 8.99. The van der Waals surface area contributed by atoms with E-state index in [1.54, 1.807) is 6.92 Å². The average Bonchev–Trinajstić information content (AvgIpc) is 2.54. The monoisotopic (exact) mass is 280 g/mol. The number of ether oxygens (including phenoxy) is 1. The van der Waals surface area contributed by atoms with E-state index in [2.05, 4.69) is 26.8 Å². The Morgan fingerprint density at radius 1 is 1.45 bits per heavy atom. The molecule has 20 heavy (non-hydrogen) atoms. The van der Waals surface area contributed by atoms with Gasteiger partial charge in [-0.15, -0.1) is 0 Å². The molecule has 1 aliphatic rings. The van der Waals surface area contributed by atoms with Gasteiger partial charge < -0.3 is 4.74 Å². The third-order valence-corrected chi connectivity index (χ3v) is 5.26. The van der Waals surface area contributed by atoms with Gasteiger partial charge in [-0.25, -0.2) is 0 Å². The maximum atomic E-state index is 12.6. The largest absolute Gasteiger partial charge is 0.462 e. The average molecular weight is 280 g/mol. The van der Waals surface area contributed by atoms with Crippen molar-refractivity contribution >= 4 is 11.8 Å². The number of ketones is 1. The fourth-order valence-electron chi connectivity index (χ4n) is 2.65. The molecule has 114 valence electrons. The van der Waals surface area contributed by atoms with Crippen LogP contribution in [0.3, 0.4) is 0 Å². The van der Waals surface area contributed by atoms with Crippen molar-refractivity contribution < 1.29 is 14.3 Å². The summed E-state index contributed by atoms with van der Waals surface area (Å²) in [6.45, 7) is 13.4. The van der Waals surface area contributed by atoms with Gasteiger partial charge in [-0.05, 0) is 45.4 Å². The summed E-state index contributed by atoms with van der Waals surface area (Å²) in [5, 5.41) is 0. The summed E-state index contributed by atoms with van der Waals surface area (Å²) in [5.41, 5.74) is 0.801. The van der Waals surface area contributed by atoms with Crippen molar-refractivity contribution in [1.82, 2.24) is 0 Å². The zero-order valence-electron chi connectivity index (χ0n) is 13.9. The molecular formula is C17H28O3. The van der Waals surface area contributed by atoms with Crippen LogP contribution in [0.15, 0.2) is 11.6 Å². The Bertz CT molecular complexity index is 430. The van der Waals surface area contributed by atoms with Gasteiger partial charge in [0.25, 0.3) is 0 Å². The molecule has 3 nitrogen and oxygen atoms in total. The van der Waals surface area contributed by atoms with E-state index in [4.69, 9.17) is 4.74 Å². The molecule has 0 aromatic carbocycles. The number of esters is 1.